The number of fused-ring (bicyclic) bond motifs is 1. The first kappa shape index (κ1) is 13.6. The standard InChI is InChI=1S/C16H26O2/c1-4-18-16(17)15-13(11(2)3)10-9-12-7-5-6-8-14(12)15/h9-15H,4-8H2,1-3H3/t12-,13-,14-,15+/m1/s1. The molecule has 1 saturated carbocycles. The van der Waals surface area contributed by atoms with Gasteiger partial charge in [-0.3, -0.25) is 4.79 Å². The van der Waals surface area contributed by atoms with Crippen molar-refractivity contribution >= 4 is 5.97 Å². The number of carbonyl (C=O) groups is 1. The highest BCUT2D eigenvalue weighted by molar-refractivity contribution is 5.74. The molecule has 0 radical (unpaired) electrons. The lowest BCUT2D eigenvalue weighted by atomic mass is 9.62. The maximum absolute atomic E-state index is 12.3. The fourth-order valence-electron chi connectivity index (χ4n) is 3.76. The molecule has 0 bridgehead atoms. The van der Waals surface area contributed by atoms with Crippen molar-refractivity contribution in [1.82, 2.24) is 0 Å². The molecule has 4 atom stereocenters. The summed E-state index contributed by atoms with van der Waals surface area (Å²) in [7, 11) is 0. The Hall–Kier alpha value is -0.790. The summed E-state index contributed by atoms with van der Waals surface area (Å²) in [6, 6.07) is 0. The van der Waals surface area contributed by atoms with E-state index in [1.165, 1.54) is 25.7 Å². The van der Waals surface area contributed by atoms with Gasteiger partial charge in [-0.15, -0.1) is 0 Å². The summed E-state index contributed by atoms with van der Waals surface area (Å²) in [6.45, 7) is 6.83. The van der Waals surface area contributed by atoms with E-state index in [1.807, 2.05) is 6.92 Å². The van der Waals surface area contributed by atoms with Gasteiger partial charge >= 0.3 is 5.97 Å². The van der Waals surface area contributed by atoms with E-state index in [0.29, 0.717) is 30.3 Å². The third-order valence-electron chi connectivity index (χ3n) is 4.66. The molecule has 0 aromatic heterocycles. The molecule has 2 aliphatic carbocycles. The van der Waals surface area contributed by atoms with E-state index in [2.05, 4.69) is 26.0 Å². The third-order valence-corrected chi connectivity index (χ3v) is 4.66. The first-order chi connectivity index (χ1) is 8.65. The van der Waals surface area contributed by atoms with Gasteiger partial charge in [-0.2, -0.15) is 0 Å². The number of esters is 1. The Balaban J connectivity index is 2.22. The Bertz CT molecular complexity index is 319. The Morgan fingerprint density at radius 2 is 2.00 bits per heavy atom. The van der Waals surface area contributed by atoms with Gasteiger partial charge in [0.15, 0.2) is 0 Å². The van der Waals surface area contributed by atoms with Crippen molar-refractivity contribution in [2.24, 2.45) is 29.6 Å². The van der Waals surface area contributed by atoms with Crippen LogP contribution in [0.1, 0.15) is 46.5 Å². The Labute approximate surface area is 111 Å². The Kier molecular flexibility index (Phi) is 4.47. The highest BCUT2D eigenvalue weighted by atomic mass is 16.5. The van der Waals surface area contributed by atoms with Crippen LogP contribution in [0.3, 0.4) is 0 Å². The minimum atomic E-state index is 0.0393. The molecule has 0 N–H and O–H groups in total. The maximum Gasteiger partial charge on any atom is 0.309 e. The molecule has 0 aromatic rings. The summed E-state index contributed by atoms with van der Waals surface area (Å²) < 4.78 is 5.34. The summed E-state index contributed by atoms with van der Waals surface area (Å²) in [4.78, 5) is 12.3. The van der Waals surface area contributed by atoms with Crippen LogP contribution in [0.5, 0.6) is 0 Å². The van der Waals surface area contributed by atoms with Crippen molar-refractivity contribution < 1.29 is 9.53 Å². The number of allylic oxidation sites excluding steroid dienone is 2. The average molecular weight is 250 g/mol. The summed E-state index contributed by atoms with van der Waals surface area (Å²) in [5, 5.41) is 0. The number of ether oxygens (including phenoxy) is 1. The number of hydrogen-bond acceptors (Lipinski definition) is 2. The first-order valence-corrected chi connectivity index (χ1v) is 7.50. The Morgan fingerprint density at radius 1 is 1.28 bits per heavy atom. The van der Waals surface area contributed by atoms with E-state index in [0.717, 1.165) is 0 Å². The van der Waals surface area contributed by atoms with Crippen molar-refractivity contribution in [3.8, 4) is 0 Å². The Morgan fingerprint density at radius 3 is 2.67 bits per heavy atom. The minimum Gasteiger partial charge on any atom is -0.466 e. The molecular formula is C16H26O2. The highest BCUT2D eigenvalue weighted by Gasteiger charge is 2.43. The minimum absolute atomic E-state index is 0.0393. The van der Waals surface area contributed by atoms with Gasteiger partial charge in [0.25, 0.3) is 0 Å². The summed E-state index contributed by atoms with van der Waals surface area (Å²) in [5.41, 5.74) is 0. The van der Waals surface area contributed by atoms with Crippen molar-refractivity contribution in [2.45, 2.75) is 46.5 Å². The van der Waals surface area contributed by atoms with Crippen LogP contribution in [0, 0.1) is 29.6 Å². The summed E-state index contributed by atoms with van der Waals surface area (Å²) in [6.07, 6.45) is 9.70. The van der Waals surface area contributed by atoms with Gasteiger partial charge in [-0.05, 0) is 43.4 Å². The topological polar surface area (TPSA) is 26.3 Å². The molecule has 2 nitrogen and oxygen atoms in total. The van der Waals surface area contributed by atoms with Gasteiger partial charge in [0.2, 0.25) is 0 Å². The SMILES string of the molecule is CCOC(=O)[C@@H]1[C@@H]2CCCC[C@@H]2C=C[C@@H]1C(C)C. The van der Waals surface area contributed by atoms with E-state index in [-0.39, 0.29) is 11.9 Å². The molecule has 0 unspecified atom stereocenters. The molecule has 2 aliphatic rings. The second-order valence-electron chi connectivity index (χ2n) is 6.10. The van der Waals surface area contributed by atoms with E-state index in [4.69, 9.17) is 4.74 Å². The number of rotatable bonds is 3. The molecule has 2 rings (SSSR count). The van der Waals surface area contributed by atoms with Crippen LogP contribution >= 0.6 is 0 Å². The van der Waals surface area contributed by atoms with Crippen LogP contribution in [-0.4, -0.2) is 12.6 Å². The smallest absolute Gasteiger partial charge is 0.309 e. The van der Waals surface area contributed by atoms with E-state index in [9.17, 15) is 4.79 Å². The largest absolute Gasteiger partial charge is 0.466 e. The van der Waals surface area contributed by atoms with Crippen LogP contribution in [0.2, 0.25) is 0 Å². The lowest BCUT2D eigenvalue weighted by Crippen LogP contribution is -2.41. The monoisotopic (exact) mass is 250 g/mol. The molecule has 102 valence electrons. The maximum atomic E-state index is 12.3. The molecular weight excluding hydrogens is 224 g/mol. The first-order valence-electron chi connectivity index (χ1n) is 7.50. The second kappa shape index (κ2) is 5.90. The molecule has 0 aromatic carbocycles. The zero-order valence-electron chi connectivity index (χ0n) is 11.9. The van der Waals surface area contributed by atoms with Crippen LogP contribution in [0.4, 0.5) is 0 Å². The molecule has 2 heteroatoms. The predicted molar refractivity (Wildman–Crippen MR) is 73.0 cm³/mol. The normalized spacial score (nSPS) is 35.3. The van der Waals surface area contributed by atoms with E-state index < -0.39 is 0 Å². The van der Waals surface area contributed by atoms with Gasteiger partial charge in [0.05, 0.1) is 12.5 Å². The number of carbonyl (C=O) groups excluding carboxylic acids is 1. The molecule has 18 heavy (non-hydrogen) atoms. The zero-order chi connectivity index (χ0) is 13.1. The van der Waals surface area contributed by atoms with Crippen LogP contribution in [0.25, 0.3) is 0 Å². The van der Waals surface area contributed by atoms with Crippen LogP contribution in [0.15, 0.2) is 12.2 Å². The lowest BCUT2D eigenvalue weighted by Gasteiger charge is -2.42. The van der Waals surface area contributed by atoms with Gasteiger partial charge in [0.1, 0.15) is 0 Å². The highest BCUT2D eigenvalue weighted by Crippen LogP contribution is 2.45. The zero-order valence-corrected chi connectivity index (χ0v) is 11.9. The number of hydrogen-bond donors (Lipinski definition) is 0. The molecule has 0 aliphatic heterocycles. The van der Waals surface area contributed by atoms with Gasteiger partial charge in [-0.25, -0.2) is 0 Å². The van der Waals surface area contributed by atoms with E-state index in [1.54, 1.807) is 0 Å². The quantitative estimate of drug-likeness (QED) is 0.562. The average Bonchev–Trinajstić information content (AvgIpc) is 2.37. The molecule has 0 heterocycles. The molecule has 0 spiro atoms. The fourth-order valence-corrected chi connectivity index (χ4v) is 3.76. The van der Waals surface area contributed by atoms with Gasteiger partial charge in [-0.1, -0.05) is 38.8 Å². The molecule has 0 saturated heterocycles. The summed E-state index contributed by atoms with van der Waals surface area (Å²) >= 11 is 0. The molecule has 1 fully saturated rings. The fraction of sp³-hybridized carbons (Fsp3) is 0.812. The predicted octanol–water partition coefficient (Wildman–Crippen LogP) is 3.81. The third kappa shape index (κ3) is 2.62. The van der Waals surface area contributed by atoms with Crippen molar-refractivity contribution in [2.75, 3.05) is 6.61 Å². The van der Waals surface area contributed by atoms with Crippen molar-refractivity contribution in [1.29, 1.82) is 0 Å². The van der Waals surface area contributed by atoms with Gasteiger partial charge in [0, 0.05) is 0 Å². The molecule has 0 amide bonds. The lowest BCUT2D eigenvalue weighted by molar-refractivity contribution is -0.154. The van der Waals surface area contributed by atoms with Crippen LogP contribution in [-0.2, 0) is 9.53 Å². The summed E-state index contributed by atoms with van der Waals surface area (Å²) in [5.74, 6) is 2.15. The van der Waals surface area contributed by atoms with Crippen LogP contribution < -0.4 is 0 Å². The second-order valence-corrected chi connectivity index (χ2v) is 6.10. The van der Waals surface area contributed by atoms with Crippen molar-refractivity contribution in [3.05, 3.63) is 12.2 Å². The van der Waals surface area contributed by atoms with E-state index >= 15 is 0 Å². The van der Waals surface area contributed by atoms with Crippen molar-refractivity contribution in [3.63, 3.8) is 0 Å². The van der Waals surface area contributed by atoms with Gasteiger partial charge < -0.3 is 4.74 Å².